The molecule has 18 heavy (non-hydrogen) atoms. The van der Waals surface area contributed by atoms with Gasteiger partial charge < -0.3 is 9.45 Å². The average Bonchev–Trinajstić information content (AvgIpc) is 2.75. The fraction of sp³-hybridized carbons (Fsp3) is 0.600. The van der Waals surface area contributed by atoms with Gasteiger partial charge in [-0.2, -0.15) is 9.78 Å². The van der Waals surface area contributed by atoms with Crippen LogP contribution in [0.15, 0.2) is 12.4 Å². The number of rotatable bonds is 2. The zero-order valence-corrected chi connectivity index (χ0v) is 10.9. The second kappa shape index (κ2) is 5.59. The van der Waals surface area contributed by atoms with Crippen molar-refractivity contribution in [3.05, 3.63) is 18.0 Å². The Hall–Kier alpha value is -1.25. The molecule has 0 aliphatic carbocycles. The van der Waals surface area contributed by atoms with Crippen molar-refractivity contribution < 1.29 is 13.6 Å². The van der Waals surface area contributed by atoms with Gasteiger partial charge in [-0.05, 0) is 23.6 Å². The Morgan fingerprint density at radius 3 is 2.61 bits per heavy atom. The lowest BCUT2D eigenvalue weighted by atomic mass is 10.3. The summed E-state index contributed by atoms with van der Waals surface area (Å²) in [5.74, 6) is 0.0307. The van der Waals surface area contributed by atoms with Gasteiger partial charge in [0, 0.05) is 32.4 Å². The molecular formula is C10H15N4O3S-. The van der Waals surface area contributed by atoms with Crippen molar-refractivity contribution in [3.8, 4) is 0 Å². The molecule has 1 amide bonds. The van der Waals surface area contributed by atoms with Gasteiger partial charge in [0.2, 0.25) is 0 Å². The minimum atomic E-state index is -2.06. The molecule has 1 aliphatic heterocycles. The van der Waals surface area contributed by atoms with Crippen LogP contribution in [-0.2, 0) is 11.1 Å². The van der Waals surface area contributed by atoms with Crippen LogP contribution in [0.3, 0.4) is 0 Å². The van der Waals surface area contributed by atoms with E-state index in [1.165, 1.54) is 4.68 Å². The molecule has 1 unspecified atom stereocenters. The lowest BCUT2D eigenvalue weighted by molar-refractivity contribution is 0.148. The van der Waals surface area contributed by atoms with Gasteiger partial charge in [-0.1, -0.05) is 0 Å². The number of carbonyl (C=O) groups excluding carboxylic acids is 1. The number of carbonyl (C=O) groups is 1. The Bertz CT molecular complexity index is 454. The molecule has 2 rings (SSSR count). The third-order valence-electron chi connectivity index (χ3n) is 2.84. The highest BCUT2D eigenvalue weighted by molar-refractivity contribution is 7.79. The summed E-state index contributed by atoms with van der Waals surface area (Å²) < 4.78 is 22.5. The third-order valence-corrected chi connectivity index (χ3v) is 3.41. The van der Waals surface area contributed by atoms with Crippen LogP contribution in [0.1, 0.15) is 5.56 Å². The van der Waals surface area contributed by atoms with E-state index in [0.717, 1.165) is 5.56 Å². The van der Waals surface area contributed by atoms with Crippen molar-refractivity contribution in [3.63, 3.8) is 0 Å². The summed E-state index contributed by atoms with van der Waals surface area (Å²) in [6.07, 6.45) is 3.32. The van der Waals surface area contributed by atoms with Crippen molar-refractivity contribution >= 4 is 17.1 Å². The topological polar surface area (TPSA) is 81.5 Å². The van der Waals surface area contributed by atoms with Gasteiger partial charge in [0.25, 0.3) is 0 Å². The minimum absolute atomic E-state index is 0.0307. The van der Waals surface area contributed by atoms with Crippen LogP contribution in [0.2, 0.25) is 0 Å². The summed E-state index contributed by atoms with van der Waals surface area (Å²) in [6.45, 7) is 4.06. The Kier molecular flexibility index (Phi) is 4.10. The van der Waals surface area contributed by atoms with Gasteiger partial charge in [-0.15, -0.1) is 0 Å². The molecule has 1 atom stereocenters. The standard InChI is InChI=1S/C10H16N4O3S/c1-9-6-11-14(7-9)10(15)13-4-2-12(3-5-13)8-18(16)17/h6-7H,2-5,8H2,1H3,(H,16,17)/p-1. The van der Waals surface area contributed by atoms with E-state index in [2.05, 4.69) is 5.10 Å². The van der Waals surface area contributed by atoms with Gasteiger partial charge in [-0.3, -0.25) is 9.11 Å². The smallest absolute Gasteiger partial charge is 0.344 e. The largest absolute Gasteiger partial charge is 0.771 e. The Labute approximate surface area is 108 Å². The van der Waals surface area contributed by atoms with E-state index in [0.29, 0.717) is 26.2 Å². The number of aryl methyl sites for hydroxylation is 1. The SMILES string of the molecule is Cc1cnn(C(=O)N2CCN(CS(=O)[O-])CC2)c1. The van der Waals surface area contributed by atoms with Crippen molar-refractivity contribution in [2.24, 2.45) is 0 Å². The third kappa shape index (κ3) is 3.15. The summed E-state index contributed by atoms with van der Waals surface area (Å²) in [7, 11) is 0. The van der Waals surface area contributed by atoms with Gasteiger partial charge in [0.05, 0.1) is 12.1 Å². The van der Waals surface area contributed by atoms with Gasteiger partial charge in [0.1, 0.15) is 0 Å². The molecule has 1 aliphatic rings. The van der Waals surface area contributed by atoms with E-state index in [1.807, 2.05) is 6.92 Å². The molecule has 7 nitrogen and oxygen atoms in total. The first kappa shape index (κ1) is 13.2. The predicted molar refractivity (Wildman–Crippen MR) is 64.7 cm³/mol. The van der Waals surface area contributed by atoms with Crippen LogP contribution in [0.4, 0.5) is 4.79 Å². The molecule has 0 radical (unpaired) electrons. The maximum Gasteiger partial charge on any atom is 0.344 e. The van der Waals surface area contributed by atoms with Crippen LogP contribution in [-0.4, -0.2) is 66.4 Å². The first-order valence-electron chi connectivity index (χ1n) is 5.65. The molecule has 2 heterocycles. The van der Waals surface area contributed by atoms with Crippen molar-refractivity contribution in [2.75, 3.05) is 32.1 Å². The molecule has 1 aromatic heterocycles. The summed E-state index contributed by atoms with van der Waals surface area (Å²) in [6, 6.07) is -0.161. The zero-order valence-electron chi connectivity index (χ0n) is 10.1. The molecule has 1 fully saturated rings. The number of nitrogens with zero attached hydrogens (tertiary/aromatic N) is 4. The molecule has 0 aromatic carbocycles. The van der Waals surface area contributed by atoms with Crippen molar-refractivity contribution in [1.29, 1.82) is 0 Å². The number of hydrogen-bond donors (Lipinski definition) is 0. The molecule has 0 bridgehead atoms. The van der Waals surface area contributed by atoms with E-state index in [9.17, 15) is 13.6 Å². The zero-order chi connectivity index (χ0) is 13.1. The lowest BCUT2D eigenvalue weighted by Crippen LogP contribution is -2.50. The molecule has 100 valence electrons. The highest BCUT2D eigenvalue weighted by Gasteiger charge is 2.22. The summed E-state index contributed by atoms with van der Waals surface area (Å²) in [4.78, 5) is 15.5. The average molecular weight is 271 g/mol. The van der Waals surface area contributed by atoms with E-state index in [1.54, 1.807) is 22.2 Å². The molecule has 1 saturated heterocycles. The second-order valence-electron chi connectivity index (χ2n) is 4.28. The van der Waals surface area contributed by atoms with E-state index in [4.69, 9.17) is 0 Å². The van der Waals surface area contributed by atoms with Gasteiger partial charge in [0.15, 0.2) is 0 Å². The molecule has 1 aromatic rings. The van der Waals surface area contributed by atoms with E-state index < -0.39 is 11.1 Å². The molecule has 0 spiro atoms. The van der Waals surface area contributed by atoms with Gasteiger partial charge >= 0.3 is 6.03 Å². The van der Waals surface area contributed by atoms with Crippen LogP contribution < -0.4 is 0 Å². The van der Waals surface area contributed by atoms with Crippen molar-refractivity contribution in [1.82, 2.24) is 19.6 Å². The van der Waals surface area contributed by atoms with Crippen LogP contribution in [0.5, 0.6) is 0 Å². The van der Waals surface area contributed by atoms with Crippen LogP contribution in [0, 0.1) is 6.92 Å². The van der Waals surface area contributed by atoms with E-state index >= 15 is 0 Å². The lowest BCUT2D eigenvalue weighted by Gasteiger charge is -2.34. The summed E-state index contributed by atoms with van der Waals surface area (Å²) in [5.41, 5.74) is 0.934. The number of amides is 1. The fourth-order valence-electron chi connectivity index (χ4n) is 1.88. The minimum Gasteiger partial charge on any atom is -0.771 e. The second-order valence-corrected chi connectivity index (χ2v) is 5.15. The summed E-state index contributed by atoms with van der Waals surface area (Å²) >= 11 is -2.06. The molecular weight excluding hydrogens is 256 g/mol. The monoisotopic (exact) mass is 271 g/mol. The maximum absolute atomic E-state index is 12.0. The first-order valence-corrected chi connectivity index (χ1v) is 6.89. The maximum atomic E-state index is 12.0. The number of piperazine rings is 1. The Morgan fingerprint density at radius 1 is 1.44 bits per heavy atom. The highest BCUT2D eigenvalue weighted by atomic mass is 32.2. The normalized spacial score (nSPS) is 18.9. The predicted octanol–water partition coefficient (Wildman–Crippen LogP) is -0.386. The summed E-state index contributed by atoms with van der Waals surface area (Å²) in [5, 5.41) is 3.97. The molecule has 8 heteroatoms. The first-order chi connectivity index (χ1) is 8.56. The highest BCUT2D eigenvalue weighted by Crippen LogP contribution is 2.05. The molecule has 0 saturated carbocycles. The Morgan fingerprint density at radius 2 is 2.11 bits per heavy atom. The Balaban J connectivity index is 1.90. The van der Waals surface area contributed by atoms with Crippen LogP contribution >= 0.6 is 0 Å². The molecule has 0 N–H and O–H groups in total. The van der Waals surface area contributed by atoms with Gasteiger partial charge in [-0.25, -0.2) is 4.79 Å². The quantitative estimate of drug-likeness (QED) is 0.684. The van der Waals surface area contributed by atoms with E-state index in [-0.39, 0.29) is 11.9 Å². The number of aromatic nitrogens is 2. The van der Waals surface area contributed by atoms with Crippen molar-refractivity contribution in [2.45, 2.75) is 6.92 Å². The fourth-order valence-corrected chi connectivity index (χ4v) is 2.44. The van der Waals surface area contributed by atoms with Crippen LogP contribution in [0.25, 0.3) is 0 Å². The number of hydrogen-bond acceptors (Lipinski definition) is 5.